The van der Waals surface area contributed by atoms with Gasteiger partial charge in [-0.2, -0.15) is 0 Å². The number of carbonyl (C=O) groups is 1. The third-order valence-corrected chi connectivity index (χ3v) is 5.45. The molecule has 28 heavy (non-hydrogen) atoms. The van der Waals surface area contributed by atoms with Crippen LogP contribution < -0.4 is 10.1 Å². The fourth-order valence-corrected chi connectivity index (χ4v) is 3.60. The molecule has 0 saturated carbocycles. The molecular weight excluding hydrogens is 395 g/mol. The summed E-state index contributed by atoms with van der Waals surface area (Å²) in [7, 11) is 0. The summed E-state index contributed by atoms with van der Waals surface area (Å²) in [6.45, 7) is 4.10. The summed E-state index contributed by atoms with van der Waals surface area (Å²) in [6.07, 6.45) is 3.26. The van der Waals surface area contributed by atoms with E-state index in [1.807, 2.05) is 12.1 Å². The van der Waals surface area contributed by atoms with E-state index in [1.165, 1.54) is 5.56 Å². The second-order valence-corrected chi connectivity index (χ2v) is 8.11. The van der Waals surface area contributed by atoms with Gasteiger partial charge in [0.05, 0.1) is 0 Å². The summed E-state index contributed by atoms with van der Waals surface area (Å²) in [4.78, 5) is 14.3. The third kappa shape index (κ3) is 7.01. The van der Waals surface area contributed by atoms with E-state index in [0.717, 1.165) is 43.9 Å². The number of amides is 1. The van der Waals surface area contributed by atoms with Crippen LogP contribution in [0.3, 0.4) is 0 Å². The van der Waals surface area contributed by atoms with Gasteiger partial charge >= 0.3 is 0 Å². The predicted octanol–water partition coefficient (Wildman–Crippen LogP) is 4.44. The molecule has 0 atom stereocenters. The number of hydrogen-bond acceptors (Lipinski definition) is 3. The van der Waals surface area contributed by atoms with E-state index in [4.69, 9.17) is 27.9 Å². The van der Waals surface area contributed by atoms with Crippen LogP contribution in [-0.2, 0) is 11.2 Å². The minimum absolute atomic E-state index is 0.0309. The Hall–Kier alpha value is -1.75. The second-order valence-electron chi connectivity index (χ2n) is 7.24. The number of nitrogens with zero attached hydrogens (tertiary/aromatic N) is 1. The van der Waals surface area contributed by atoms with Crippen molar-refractivity contribution in [2.75, 3.05) is 32.8 Å². The molecule has 1 amide bonds. The summed E-state index contributed by atoms with van der Waals surface area (Å²) < 4.78 is 5.44. The van der Waals surface area contributed by atoms with Crippen molar-refractivity contribution in [1.82, 2.24) is 10.2 Å². The predicted molar refractivity (Wildman–Crippen MR) is 114 cm³/mol. The van der Waals surface area contributed by atoms with E-state index in [1.54, 1.807) is 24.3 Å². The van der Waals surface area contributed by atoms with Gasteiger partial charge in [-0.25, -0.2) is 0 Å². The zero-order valence-electron chi connectivity index (χ0n) is 15.9. The average Bonchev–Trinajstić information content (AvgIpc) is 2.66. The monoisotopic (exact) mass is 420 g/mol. The maximum Gasteiger partial charge on any atom is 0.257 e. The van der Waals surface area contributed by atoms with E-state index in [0.29, 0.717) is 23.2 Å². The molecule has 2 aromatic rings. The molecule has 6 heteroatoms. The van der Waals surface area contributed by atoms with Crippen molar-refractivity contribution in [1.29, 1.82) is 0 Å². The summed E-state index contributed by atoms with van der Waals surface area (Å²) in [5, 5.41) is 4.37. The lowest BCUT2D eigenvalue weighted by atomic mass is 9.95. The first-order chi connectivity index (χ1) is 13.6. The molecule has 0 spiro atoms. The third-order valence-electron chi connectivity index (χ3n) is 4.94. The standard InChI is InChI=1S/C22H26Cl2N2O2/c23-19-5-3-17(4-6-19)2-1-13-26-14-18(15-26)11-12-25-22(27)16-28-21-9-7-20(24)8-10-21/h3-10,18H,1-2,11-16H2,(H,25,27). The first-order valence-electron chi connectivity index (χ1n) is 9.70. The summed E-state index contributed by atoms with van der Waals surface area (Å²) in [5.74, 6) is 1.23. The van der Waals surface area contributed by atoms with Crippen molar-refractivity contribution in [3.63, 3.8) is 0 Å². The van der Waals surface area contributed by atoms with Gasteiger partial charge in [0.2, 0.25) is 0 Å². The van der Waals surface area contributed by atoms with Gasteiger partial charge in [0, 0.05) is 29.7 Å². The summed E-state index contributed by atoms with van der Waals surface area (Å²) >= 11 is 11.7. The van der Waals surface area contributed by atoms with Crippen LogP contribution in [0, 0.1) is 5.92 Å². The number of likely N-dealkylation sites (tertiary alicyclic amines) is 1. The summed E-state index contributed by atoms with van der Waals surface area (Å²) in [6, 6.07) is 15.1. The first kappa shape index (κ1) is 21.0. The van der Waals surface area contributed by atoms with Crippen molar-refractivity contribution in [3.8, 4) is 5.75 Å². The SMILES string of the molecule is O=C(COc1ccc(Cl)cc1)NCCC1CN(CCCc2ccc(Cl)cc2)C1. The molecule has 1 fully saturated rings. The largest absolute Gasteiger partial charge is 0.484 e. The quantitative estimate of drug-likeness (QED) is 0.617. The Bertz CT molecular complexity index is 744. The van der Waals surface area contributed by atoms with Crippen LogP contribution >= 0.6 is 23.2 Å². The Morgan fingerprint density at radius 2 is 1.68 bits per heavy atom. The van der Waals surface area contributed by atoms with Crippen molar-refractivity contribution in [2.45, 2.75) is 19.3 Å². The number of ether oxygens (including phenoxy) is 1. The van der Waals surface area contributed by atoms with E-state index < -0.39 is 0 Å². The molecule has 0 bridgehead atoms. The summed E-state index contributed by atoms with van der Waals surface area (Å²) in [5.41, 5.74) is 1.34. The smallest absolute Gasteiger partial charge is 0.257 e. The highest BCUT2D eigenvalue weighted by Gasteiger charge is 2.25. The van der Waals surface area contributed by atoms with Gasteiger partial charge in [0.1, 0.15) is 5.75 Å². The highest BCUT2D eigenvalue weighted by Crippen LogP contribution is 2.19. The van der Waals surface area contributed by atoms with Gasteiger partial charge in [-0.05, 0) is 73.7 Å². The fraction of sp³-hybridized carbons (Fsp3) is 0.409. The van der Waals surface area contributed by atoms with Crippen LogP contribution in [0.15, 0.2) is 48.5 Å². The van der Waals surface area contributed by atoms with Crippen LogP contribution in [0.1, 0.15) is 18.4 Å². The van der Waals surface area contributed by atoms with Crippen LogP contribution in [0.25, 0.3) is 0 Å². The molecule has 0 unspecified atom stereocenters. The van der Waals surface area contributed by atoms with Gasteiger partial charge in [-0.1, -0.05) is 35.3 Å². The normalized spacial score (nSPS) is 14.5. The second kappa shape index (κ2) is 10.7. The maximum atomic E-state index is 11.9. The molecule has 0 radical (unpaired) electrons. The highest BCUT2D eigenvalue weighted by atomic mass is 35.5. The van der Waals surface area contributed by atoms with Crippen LogP contribution in [0.2, 0.25) is 10.0 Å². The molecule has 0 aliphatic carbocycles. The van der Waals surface area contributed by atoms with E-state index in [2.05, 4.69) is 22.3 Å². The van der Waals surface area contributed by atoms with Crippen LogP contribution in [0.5, 0.6) is 5.75 Å². The molecule has 1 heterocycles. The minimum atomic E-state index is -0.0888. The van der Waals surface area contributed by atoms with E-state index in [9.17, 15) is 4.79 Å². The maximum absolute atomic E-state index is 11.9. The Morgan fingerprint density at radius 1 is 1.04 bits per heavy atom. The lowest BCUT2D eigenvalue weighted by Crippen LogP contribution is -2.48. The van der Waals surface area contributed by atoms with Gasteiger partial charge < -0.3 is 15.0 Å². The minimum Gasteiger partial charge on any atom is -0.484 e. The van der Waals surface area contributed by atoms with Gasteiger partial charge in [-0.15, -0.1) is 0 Å². The highest BCUT2D eigenvalue weighted by molar-refractivity contribution is 6.30. The molecule has 2 aromatic carbocycles. The molecule has 1 aliphatic heterocycles. The average molecular weight is 421 g/mol. The molecule has 150 valence electrons. The Kier molecular flexibility index (Phi) is 8.01. The number of rotatable bonds is 10. The molecule has 4 nitrogen and oxygen atoms in total. The van der Waals surface area contributed by atoms with Crippen molar-refractivity contribution >= 4 is 29.1 Å². The van der Waals surface area contributed by atoms with Crippen molar-refractivity contribution in [3.05, 3.63) is 64.1 Å². The number of halogens is 2. The Balaban J connectivity index is 1.20. The lowest BCUT2D eigenvalue weighted by molar-refractivity contribution is -0.123. The Morgan fingerprint density at radius 3 is 2.36 bits per heavy atom. The van der Waals surface area contributed by atoms with Crippen LogP contribution in [0.4, 0.5) is 0 Å². The number of hydrogen-bond donors (Lipinski definition) is 1. The van der Waals surface area contributed by atoms with Gasteiger partial charge in [-0.3, -0.25) is 4.79 Å². The fourth-order valence-electron chi connectivity index (χ4n) is 3.35. The lowest BCUT2D eigenvalue weighted by Gasteiger charge is -2.39. The molecule has 0 aromatic heterocycles. The molecule has 3 rings (SSSR count). The first-order valence-corrected chi connectivity index (χ1v) is 10.5. The zero-order chi connectivity index (χ0) is 19.8. The van der Waals surface area contributed by atoms with Crippen LogP contribution in [-0.4, -0.2) is 43.6 Å². The Labute approximate surface area is 176 Å². The molecular formula is C22H26Cl2N2O2. The van der Waals surface area contributed by atoms with E-state index >= 15 is 0 Å². The topological polar surface area (TPSA) is 41.6 Å². The molecule has 1 N–H and O–H groups in total. The number of aryl methyl sites for hydroxylation is 1. The number of carbonyl (C=O) groups excluding carboxylic acids is 1. The number of benzene rings is 2. The number of nitrogens with one attached hydrogen (secondary N) is 1. The van der Waals surface area contributed by atoms with Gasteiger partial charge in [0.15, 0.2) is 6.61 Å². The van der Waals surface area contributed by atoms with Crippen molar-refractivity contribution < 1.29 is 9.53 Å². The van der Waals surface area contributed by atoms with Gasteiger partial charge in [0.25, 0.3) is 5.91 Å². The molecule has 1 aliphatic rings. The molecule has 1 saturated heterocycles. The van der Waals surface area contributed by atoms with E-state index in [-0.39, 0.29) is 12.5 Å². The van der Waals surface area contributed by atoms with Crippen molar-refractivity contribution in [2.24, 2.45) is 5.92 Å². The zero-order valence-corrected chi connectivity index (χ0v) is 17.4.